The molecule has 0 saturated heterocycles. The largest absolute Gasteiger partial charge is 0.463 e. The zero-order valence-corrected chi connectivity index (χ0v) is 19.9. The molecule has 0 radical (unpaired) electrons. The highest BCUT2D eigenvalue weighted by Crippen LogP contribution is 2.31. The Kier molecular flexibility index (Phi) is 7.31. The zero-order chi connectivity index (χ0) is 24.9. The maximum atomic E-state index is 13.5. The summed E-state index contributed by atoms with van der Waals surface area (Å²) in [5.41, 5.74) is 2.14. The molecule has 0 fully saturated rings. The quantitative estimate of drug-likeness (QED) is 0.470. The van der Waals surface area contributed by atoms with Gasteiger partial charge in [0.25, 0.3) is 5.91 Å². The van der Waals surface area contributed by atoms with E-state index < -0.39 is 23.9 Å². The second-order valence-corrected chi connectivity index (χ2v) is 8.62. The van der Waals surface area contributed by atoms with Gasteiger partial charge in [-0.2, -0.15) is 0 Å². The van der Waals surface area contributed by atoms with Gasteiger partial charge in [0, 0.05) is 11.4 Å². The molecule has 0 aliphatic carbocycles. The minimum absolute atomic E-state index is 0.147. The van der Waals surface area contributed by atoms with Crippen LogP contribution >= 0.6 is 11.8 Å². The molecule has 1 unspecified atom stereocenters. The lowest BCUT2D eigenvalue weighted by Gasteiger charge is -2.27. The van der Waals surface area contributed by atoms with Crippen molar-refractivity contribution >= 4 is 46.6 Å². The van der Waals surface area contributed by atoms with E-state index in [-0.39, 0.29) is 24.0 Å². The number of benzene rings is 2. The second-order valence-electron chi connectivity index (χ2n) is 7.67. The Balaban J connectivity index is 1.68. The van der Waals surface area contributed by atoms with Crippen LogP contribution in [0.15, 0.2) is 76.6 Å². The van der Waals surface area contributed by atoms with E-state index in [1.54, 1.807) is 19.9 Å². The number of aliphatic imine (C=N–C) groups is 1. The summed E-state index contributed by atoms with van der Waals surface area (Å²) in [5.74, 6) is -1.19. The Hall–Kier alpha value is -3.92. The van der Waals surface area contributed by atoms with E-state index in [4.69, 9.17) is 4.74 Å². The molecule has 0 saturated carbocycles. The Bertz CT molecular complexity index is 1240. The number of amidine groups is 1. The van der Waals surface area contributed by atoms with Crippen LogP contribution in [0.1, 0.15) is 19.4 Å². The first kappa shape index (κ1) is 24.2. The van der Waals surface area contributed by atoms with Crippen molar-refractivity contribution in [2.24, 2.45) is 4.99 Å². The molecular weight excluding hydrogens is 471 g/mol. The summed E-state index contributed by atoms with van der Waals surface area (Å²) < 4.78 is 18.7. The lowest BCUT2D eigenvalue weighted by molar-refractivity contribution is -0.139. The minimum atomic E-state index is -0.549. The fourth-order valence-corrected chi connectivity index (χ4v) is 4.63. The number of thioether (sulfide) groups is 1. The van der Waals surface area contributed by atoms with Crippen LogP contribution in [0.4, 0.5) is 14.9 Å². The van der Waals surface area contributed by atoms with Crippen LogP contribution < -0.4 is 15.5 Å². The van der Waals surface area contributed by atoms with E-state index >= 15 is 0 Å². The number of hydrogen-bond donors (Lipinski definition) is 2. The molecule has 2 N–H and O–H groups in total. The normalized spacial score (nSPS) is 18.9. The summed E-state index contributed by atoms with van der Waals surface area (Å²) in [5, 5.41) is 5.65. The van der Waals surface area contributed by atoms with Crippen molar-refractivity contribution in [1.82, 2.24) is 10.6 Å². The Morgan fingerprint density at radius 3 is 2.57 bits per heavy atom. The molecule has 2 aromatic carbocycles. The second kappa shape index (κ2) is 10.6. The first-order valence-corrected chi connectivity index (χ1v) is 11.9. The average molecular weight is 495 g/mol. The zero-order valence-electron chi connectivity index (χ0n) is 19.1. The molecule has 2 heterocycles. The lowest BCUT2D eigenvalue weighted by Crippen LogP contribution is -2.49. The van der Waals surface area contributed by atoms with Gasteiger partial charge in [-0.3, -0.25) is 9.69 Å². The smallest absolute Gasteiger partial charge is 0.337 e. The highest BCUT2D eigenvalue weighted by atomic mass is 32.2. The molecule has 10 heteroatoms. The van der Waals surface area contributed by atoms with Crippen molar-refractivity contribution < 1.29 is 23.5 Å². The van der Waals surface area contributed by atoms with Gasteiger partial charge in [0.1, 0.15) is 11.5 Å². The number of amides is 3. The molecule has 3 amide bonds. The van der Waals surface area contributed by atoms with Crippen LogP contribution in [-0.4, -0.2) is 41.5 Å². The van der Waals surface area contributed by atoms with Gasteiger partial charge in [0.05, 0.1) is 23.9 Å². The molecule has 35 heavy (non-hydrogen) atoms. The van der Waals surface area contributed by atoms with Crippen LogP contribution in [0.3, 0.4) is 0 Å². The number of hydrogen-bond acceptors (Lipinski definition) is 6. The minimum Gasteiger partial charge on any atom is -0.463 e. The highest BCUT2D eigenvalue weighted by Gasteiger charge is 2.34. The molecule has 2 aliphatic rings. The van der Waals surface area contributed by atoms with Gasteiger partial charge in [-0.25, -0.2) is 19.0 Å². The Labute approximate surface area is 205 Å². The van der Waals surface area contributed by atoms with Crippen LogP contribution in [0, 0.1) is 5.82 Å². The number of rotatable bonds is 6. The third-order valence-electron chi connectivity index (χ3n) is 5.23. The summed E-state index contributed by atoms with van der Waals surface area (Å²) >= 11 is 1.17. The van der Waals surface area contributed by atoms with Crippen molar-refractivity contribution in [2.45, 2.75) is 19.9 Å². The van der Waals surface area contributed by atoms with Gasteiger partial charge in [-0.1, -0.05) is 42.1 Å². The highest BCUT2D eigenvalue weighted by molar-refractivity contribution is 8.14. The van der Waals surface area contributed by atoms with Crippen LogP contribution in [0.25, 0.3) is 6.08 Å². The van der Waals surface area contributed by atoms with Gasteiger partial charge < -0.3 is 15.4 Å². The van der Waals surface area contributed by atoms with E-state index in [2.05, 4.69) is 15.6 Å². The van der Waals surface area contributed by atoms with E-state index in [1.165, 1.54) is 40.9 Å². The average Bonchev–Trinajstić information content (AvgIpc) is 3.13. The van der Waals surface area contributed by atoms with Gasteiger partial charge in [0.15, 0.2) is 5.17 Å². The standard InChI is InChI=1S/C25H23FN4O4S/c1-3-34-23(32)21-15(2)27-24(33)28-20(21)14-35-25-29-19(13-16-7-5-4-6-8-16)22(31)30(25)18-11-9-17(26)10-12-18/h4-13,15H,3,14H2,1-2H3,(H2,27,28,33)/b19-13-. The van der Waals surface area contributed by atoms with E-state index in [1.807, 2.05) is 30.3 Å². The third kappa shape index (κ3) is 5.43. The molecule has 0 bridgehead atoms. The molecule has 4 rings (SSSR count). The molecule has 2 aliphatic heterocycles. The van der Waals surface area contributed by atoms with Gasteiger partial charge >= 0.3 is 12.0 Å². The molecule has 0 aromatic heterocycles. The summed E-state index contributed by atoms with van der Waals surface area (Å²) in [6.45, 7) is 3.58. The van der Waals surface area contributed by atoms with Gasteiger partial charge in [0.2, 0.25) is 0 Å². The summed E-state index contributed by atoms with van der Waals surface area (Å²) in [6, 6.07) is 13.8. The maximum absolute atomic E-state index is 13.5. The van der Waals surface area contributed by atoms with Gasteiger partial charge in [-0.15, -0.1) is 0 Å². The van der Waals surface area contributed by atoms with Crippen molar-refractivity contribution in [3.63, 3.8) is 0 Å². The first-order valence-electron chi connectivity index (χ1n) is 10.9. The van der Waals surface area contributed by atoms with E-state index in [0.717, 1.165) is 5.56 Å². The van der Waals surface area contributed by atoms with Crippen molar-refractivity contribution in [2.75, 3.05) is 17.3 Å². The number of carbonyl (C=O) groups excluding carboxylic acids is 3. The number of halogens is 1. The Morgan fingerprint density at radius 2 is 1.89 bits per heavy atom. The van der Waals surface area contributed by atoms with Crippen molar-refractivity contribution in [3.05, 3.63) is 82.9 Å². The maximum Gasteiger partial charge on any atom is 0.337 e. The molecule has 2 aromatic rings. The number of carbonyl (C=O) groups is 3. The first-order chi connectivity index (χ1) is 16.9. The summed E-state index contributed by atoms with van der Waals surface area (Å²) in [6.07, 6.45) is 1.67. The number of nitrogens with zero attached hydrogens (tertiary/aromatic N) is 2. The topological polar surface area (TPSA) is 100 Å². The van der Waals surface area contributed by atoms with E-state index in [0.29, 0.717) is 22.1 Å². The van der Waals surface area contributed by atoms with Crippen LogP contribution in [0.5, 0.6) is 0 Å². The fraction of sp³-hybridized carbons (Fsp3) is 0.200. The van der Waals surface area contributed by atoms with E-state index in [9.17, 15) is 18.8 Å². The summed E-state index contributed by atoms with van der Waals surface area (Å²) in [7, 11) is 0. The van der Waals surface area contributed by atoms with Crippen molar-refractivity contribution in [3.8, 4) is 0 Å². The number of nitrogens with one attached hydrogen (secondary N) is 2. The molecule has 180 valence electrons. The lowest BCUT2D eigenvalue weighted by atomic mass is 10.1. The number of esters is 1. The fourth-order valence-electron chi connectivity index (χ4n) is 3.65. The van der Waals surface area contributed by atoms with Gasteiger partial charge in [-0.05, 0) is 49.8 Å². The summed E-state index contributed by atoms with van der Waals surface area (Å²) in [4.78, 5) is 43.8. The molecule has 0 spiro atoms. The van der Waals surface area contributed by atoms with Crippen LogP contribution in [-0.2, 0) is 14.3 Å². The van der Waals surface area contributed by atoms with Crippen molar-refractivity contribution in [1.29, 1.82) is 0 Å². The number of urea groups is 1. The predicted molar refractivity (Wildman–Crippen MR) is 133 cm³/mol. The monoisotopic (exact) mass is 494 g/mol. The SMILES string of the molecule is CCOC(=O)C1=C(CSC2=N/C(=C\c3ccccc3)C(=O)N2c2ccc(F)cc2)NC(=O)NC1C. The number of anilines is 1. The molecule has 8 nitrogen and oxygen atoms in total. The Morgan fingerprint density at radius 1 is 1.17 bits per heavy atom. The number of ether oxygens (including phenoxy) is 1. The molecule has 1 atom stereocenters. The van der Waals surface area contributed by atoms with Crippen LogP contribution in [0.2, 0.25) is 0 Å². The third-order valence-corrected chi connectivity index (χ3v) is 6.19. The predicted octanol–water partition coefficient (Wildman–Crippen LogP) is 3.82. The molecular formula is C25H23FN4O4S.